The number of benzene rings is 1. The van der Waals surface area contributed by atoms with Gasteiger partial charge in [0.15, 0.2) is 0 Å². The minimum Gasteiger partial charge on any atom is -0.493 e. The monoisotopic (exact) mass is 247 g/mol. The summed E-state index contributed by atoms with van der Waals surface area (Å²) in [5.74, 6) is 1.07. The van der Waals surface area contributed by atoms with Gasteiger partial charge in [-0.15, -0.1) is 0 Å². The quantitative estimate of drug-likeness (QED) is 0.872. The fraction of sp³-hybridized carbons (Fsp3) is 0.625. The van der Waals surface area contributed by atoms with E-state index in [1.54, 1.807) is 0 Å². The standard InChI is InChI=1S/C16H25NO/c1-4-6-13-8-9-16-14(11-13)15(17-12(2)3)7-5-10-18-16/h8-9,11-12,15,17H,4-7,10H2,1-3H3. The Labute approximate surface area is 111 Å². The maximum absolute atomic E-state index is 5.85. The Kier molecular flexibility index (Phi) is 4.65. The molecule has 1 N–H and O–H groups in total. The molecule has 2 heteroatoms. The number of ether oxygens (including phenoxy) is 1. The molecule has 18 heavy (non-hydrogen) atoms. The summed E-state index contributed by atoms with van der Waals surface area (Å²) in [5.41, 5.74) is 2.78. The van der Waals surface area contributed by atoms with Crippen LogP contribution in [0.1, 0.15) is 57.2 Å². The second-order valence-electron chi connectivity index (χ2n) is 5.49. The summed E-state index contributed by atoms with van der Waals surface area (Å²) in [6, 6.07) is 7.65. The second kappa shape index (κ2) is 6.24. The lowest BCUT2D eigenvalue weighted by molar-refractivity contribution is 0.314. The molecule has 0 radical (unpaired) electrons. The predicted octanol–water partition coefficient (Wildman–Crippen LogP) is 3.85. The first kappa shape index (κ1) is 13.4. The van der Waals surface area contributed by atoms with Crippen molar-refractivity contribution in [1.29, 1.82) is 0 Å². The van der Waals surface area contributed by atoms with E-state index in [2.05, 4.69) is 44.3 Å². The van der Waals surface area contributed by atoms with Gasteiger partial charge in [0.1, 0.15) is 5.75 Å². The number of hydrogen-bond donors (Lipinski definition) is 1. The van der Waals surface area contributed by atoms with Crippen LogP contribution >= 0.6 is 0 Å². The zero-order chi connectivity index (χ0) is 13.0. The van der Waals surface area contributed by atoms with Crippen molar-refractivity contribution in [2.45, 2.75) is 58.5 Å². The Morgan fingerprint density at radius 2 is 2.22 bits per heavy atom. The van der Waals surface area contributed by atoms with E-state index in [1.165, 1.54) is 24.0 Å². The summed E-state index contributed by atoms with van der Waals surface area (Å²) in [5, 5.41) is 3.67. The van der Waals surface area contributed by atoms with Crippen molar-refractivity contribution in [3.8, 4) is 5.75 Å². The second-order valence-corrected chi connectivity index (χ2v) is 5.49. The van der Waals surface area contributed by atoms with Gasteiger partial charge in [-0.3, -0.25) is 0 Å². The number of nitrogens with one attached hydrogen (secondary N) is 1. The molecule has 1 aromatic carbocycles. The van der Waals surface area contributed by atoms with E-state index in [-0.39, 0.29) is 0 Å². The third kappa shape index (κ3) is 3.26. The highest BCUT2D eigenvalue weighted by Crippen LogP contribution is 2.32. The molecule has 1 aliphatic heterocycles. The van der Waals surface area contributed by atoms with E-state index in [0.29, 0.717) is 12.1 Å². The van der Waals surface area contributed by atoms with Gasteiger partial charge >= 0.3 is 0 Å². The summed E-state index contributed by atoms with van der Waals surface area (Å²) in [6.45, 7) is 7.49. The molecule has 100 valence electrons. The van der Waals surface area contributed by atoms with Crippen molar-refractivity contribution < 1.29 is 4.74 Å². The molecule has 1 aromatic rings. The Balaban J connectivity index is 2.28. The first-order chi connectivity index (χ1) is 8.70. The number of aryl methyl sites for hydroxylation is 1. The fourth-order valence-corrected chi connectivity index (χ4v) is 2.65. The number of fused-ring (bicyclic) bond motifs is 1. The molecule has 0 fully saturated rings. The fourth-order valence-electron chi connectivity index (χ4n) is 2.65. The molecular formula is C16H25NO. The highest BCUT2D eigenvalue weighted by Gasteiger charge is 2.20. The lowest BCUT2D eigenvalue weighted by atomic mass is 9.97. The van der Waals surface area contributed by atoms with Crippen molar-refractivity contribution in [3.63, 3.8) is 0 Å². The van der Waals surface area contributed by atoms with Crippen LogP contribution < -0.4 is 10.1 Å². The van der Waals surface area contributed by atoms with Gasteiger partial charge in [-0.05, 0) is 30.9 Å². The average molecular weight is 247 g/mol. The van der Waals surface area contributed by atoms with Crippen molar-refractivity contribution in [2.24, 2.45) is 0 Å². The summed E-state index contributed by atoms with van der Waals surface area (Å²) in [7, 11) is 0. The third-order valence-corrected chi connectivity index (χ3v) is 3.42. The molecule has 0 saturated heterocycles. The third-order valence-electron chi connectivity index (χ3n) is 3.42. The molecule has 1 aliphatic rings. The maximum Gasteiger partial charge on any atom is 0.124 e. The van der Waals surface area contributed by atoms with Gasteiger partial charge in [-0.2, -0.15) is 0 Å². The molecule has 1 heterocycles. The van der Waals surface area contributed by atoms with E-state index in [0.717, 1.165) is 25.2 Å². The molecule has 0 aliphatic carbocycles. The molecule has 1 atom stereocenters. The molecular weight excluding hydrogens is 222 g/mol. The van der Waals surface area contributed by atoms with Gasteiger partial charge in [0.05, 0.1) is 6.61 Å². The molecule has 0 aromatic heterocycles. The largest absolute Gasteiger partial charge is 0.493 e. The van der Waals surface area contributed by atoms with E-state index in [9.17, 15) is 0 Å². The Morgan fingerprint density at radius 3 is 2.94 bits per heavy atom. The normalized spacial score (nSPS) is 19.2. The van der Waals surface area contributed by atoms with Crippen molar-refractivity contribution in [3.05, 3.63) is 29.3 Å². The lowest BCUT2D eigenvalue weighted by Crippen LogP contribution is -2.28. The number of hydrogen-bond acceptors (Lipinski definition) is 2. The zero-order valence-electron chi connectivity index (χ0n) is 11.8. The first-order valence-electron chi connectivity index (χ1n) is 7.22. The van der Waals surface area contributed by atoms with Crippen molar-refractivity contribution >= 4 is 0 Å². The van der Waals surface area contributed by atoms with E-state index in [4.69, 9.17) is 4.74 Å². The summed E-state index contributed by atoms with van der Waals surface area (Å²) < 4.78 is 5.85. The van der Waals surface area contributed by atoms with E-state index in [1.807, 2.05) is 0 Å². The Hall–Kier alpha value is -1.02. The predicted molar refractivity (Wildman–Crippen MR) is 76.2 cm³/mol. The highest BCUT2D eigenvalue weighted by molar-refractivity contribution is 5.40. The highest BCUT2D eigenvalue weighted by atomic mass is 16.5. The van der Waals surface area contributed by atoms with Crippen molar-refractivity contribution in [2.75, 3.05) is 6.61 Å². The number of rotatable bonds is 4. The van der Waals surface area contributed by atoms with Gasteiger partial charge in [-0.1, -0.05) is 39.3 Å². The van der Waals surface area contributed by atoms with Crippen LogP contribution in [0, 0.1) is 0 Å². The molecule has 0 amide bonds. The maximum atomic E-state index is 5.85. The van der Waals surface area contributed by atoms with Crippen molar-refractivity contribution in [1.82, 2.24) is 5.32 Å². The van der Waals surface area contributed by atoms with Gasteiger partial charge in [0.2, 0.25) is 0 Å². The molecule has 2 nitrogen and oxygen atoms in total. The Bertz CT molecular complexity index is 387. The molecule has 0 saturated carbocycles. The lowest BCUT2D eigenvalue weighted by Gasteiger charge is -2.21. The average Bonchev–Trinajstić information content (AvgIpc) is 2.52. The van der Waals surface area contributed by atoms with Gasteiger partial charge in [0.25, 0.3) is 0 Å². The van der Waals surface area contributed by atoms with Gasteiger partial charge in [0, 0.05) is 17.6 Å². The van der Waals surface area contributed by atoms with Crippen LogP contribution in [0.4, 0.5) is 0 Å². The van der Waals surface area contributed by atoms with Gasteiger partial charge in [-0.25, -0.2) is 0 Å². The minimum absolute atomic E-state index is 0.444. The summed E-state index contributed by atoms with van der Waals surface area (Å²) in [4.78, 5) is 0. The van der Waals surface area contributed by atoms with Crippen LogP contribution in [0.2, 0.25) is 0 Å². The van der Waals surface area contributed by atoms with Crippen LogP contribution in [0.25, 0.3) is 0 Å². The zero-order valence-corrected chi connectivity index (χ0v) is 11.8. The first-order valence-corrected chi connectivity index (χ1v) is 7.22. The molecule has 1 unspecified atom stereocenters. The topological polar surface area (TPSA) is 21.3 Å². The van der Waals surface area contributed by atoms with Crippen LogP contribution in [0.15, 0.2) is 18.2 Å². The van der Waals surface area contributed by atoms with Crippen LogP contribution in [-0.4, -0.2) is 12.6 Å². The smallest absolute Gasteiger partial charge is 0.124 e. The van der Waals surface area contributed by atoms with E-state index >= 15 is 0 Å². The van der Waals surface area contributed by atoms with Crippen LogP contribution in [-0.2, 0) is 6.42 Å². The minimum atomic E-state index is 0.444. The van der Waals surface area contributed by atoms with E-state index < -0.39 is 0 Å². The molecule has 0 bridgehead atoms. The summed E-state index contributed by atoms with van der Waals surface area (Å²) in [6.07, 6.45) is 4.65. The SMILES string of the molecule is CCCc1ccc2c(c1)C(NC(C)C)CCCO2. The molecule has 2 rings (SSSR count). The molecule has 0 spiro atoms. The van der Waals surface area contributed by atoms with Crippen LogP contribution in [0.5, 0.6) is 5.75 Å². The van der Waals surface area contributed by atoms with Gasteiger partial charge < -0.3 is 10.1 Å². The van der Waals surface area contributed by atoms with Crippen LogP contribution in [0.3, 0.4) is 0 Å². The Morgan fingerprint density at radius 1 is 1.39 bits per heavy atom. The summed E-state index contributed by atoms with van der Waals surface area (Å²) >= 11 is 0.